The third kappa shape index (κ3) is 6.52. The van der Waals surface area contributed by atoms with E-state index in [-0.39, 0.29) is 12.5 Å². The molecule has 144 valence electrons. The number of nitrogens with zero attached hydrogens (tertiary/aromatic N) is 2. The molecule has 0 fully saturated rings. The van der Waals surface area contributed by atoms with Crippen molar-refractivity contribution in [2.24, 2.45) is 5.10 Å². The van der Waals surface area contributed by atoms with E-state index >= 15 is 0 Å². The van der Waals surface area contributed by atoms with Gasteiger partial charge in [0.1, 0.15) is 0 Å². The lowest BCUT2D eigenvalue weighted by Crippen LogP contribution is -2.26. The highest BCUT2D eigenvalue weighted by Gasteiger charge is 2.08. The summed E-state index contributed by atoms with van der Waals surface area (Å²) in [6.07, 6.45) is 1.62. The molecule has 0 saturated heterocycles. The number of hydrogen-bond donors (Lipinski definition) is 2. The van der Waals surface area contributed by atoms with E-state index in [0.29, 0.717) is 5.02 Å². The monoisotopic (exact) mass is 514 g/mol. The molecule has 27 heavy (non-hydrogen) atoms. The van der Waals surface area contributed by atoms with Gasteiger partial charge < -0.3 is 10.2 Å². The van der Waals surface area contributed by atoms with E-state index in [9.17, 15) is 4.79 Å². The molecule has 0 saturated carbocycles. The summed E-state index contributed by atoms with van der Waals surface area (Å²) < 4.78 is 1.54. The standard InChI is InChI=1S/C19H21Br2ClN4O/c1-3-26(4-2)15-7-5-13(6-8-15)11-24-25-18(27)12-23-19-16(20)9-14(22)10-17(19)21/h5-11,23H,3-4,12H2,1-2H3,(H,25,27)/b24-11-. The van der Waals surface area contributed by atoms with E-state index in [1.807, 2.05) is 24.3 Å². The van der Waals surface area contributed by atoms with Crippen molar-refractivity contribution in [3.63, 3.8) is 0 Å². The van der Waals surface area contributed by atoms with Gasteiger partial charge in [-0.2, -0.15) is 5.10 Å². The highest BCUT2D eigenvalue weighted by Crippen LogP contribution is 2.33. The number of benzene rings is 2. The summed E-state index contributed by atoms with van der Waals surface area (Å²) in [4.78, 5) is 14.2. The van der Waals surface area contributed by atoms with E-state index in [2.05, 4.69) is 66.5 Å². The van der Waals surface area contributed by atoms with Gasteiger partial charge in [0.25, 0.3) is 5.91 Å². The molecule has 2 rings (SSSR count). The van der Waals surface area contributed by atoms with Crippen LogP contribution in [0.1, 0.15) is 19.4 Å². The lowest BCUT2D eigenvalue weighted by molar-refractivity contribution is -0.119. The van der Waals surface area contributed by atoms with Gasteiger partial charge in [-0.05, 0) is 75.5 Å². The van der Waals surface area contributed by atoms with Crippen molar-refractivity contribution >= 4 is 67.0 Å². The van der Waals surface area contributed by atoms with Crippen LogP contribution in [0.4, 0.5) is 11.4 Å². The molecule has 0 atom stereocenters. The Balaban J connectivity index is 1.86. The first-order valence-electron chi connectivity index (χ1n) is 8.50. The minimum atomic E-state index is -0.250. The van der Waals surface area contributed by atoms with Crippen LogP contribution in [0.25, 0.3) is 0 Å². The molecule has 0 aliphatic heterocycles. The van der Waals surface area contributed by atoms with Crippen LogP contribution in [0.5, 0.6) is 0 Å². The quantitative estimate of drug-likeness (QED) is 0.371. The Morgan fingerprint density at radius 1 is 1.15 bits per heavy atom. The highest BCUT2D eigenvalue weighted by atomic mass is 79.9. The van der Waals surface area contributed by atoms with Gasteiger partial charge in [-0.3, -0.25) is 4.79 Å². The van der Waals surface area contributed by atoms with Crippen molar-refractivity contribution in [3.05, 3.63) is 55.9 Å². The largest absolute Gasteiger partial charge is 0.374 e. The minimum Gasteiger partial charge on any atom is -0.374 e. The maximum atomic E-state index is 12.0. The maximum Gasteiger partial charge on any atom is 0.259 e. The molecule has 2 N–H and O–H groups in total. The number of nitrogens with one attached hydrogen (secondary N) is 2. The number of carbonyl (C=O) groups is 1. The molecule has 0 spiro atoms. The summed E-state index contributed by atoms with van der Waals surface area (Å²) in [5, 5.41) is 7.65. The van der Waals surface area contributed by atoms with Crippen LogP contribution in [0, 0.1) is 0 Å². The second-order valence-corrected chi connectivity index (χ2v) is 7.80. The molecule has 2 aromatic carbocycles. The zero-order valence-electron chi connectivity index (χ0n) is 15.1. The Hall–Kier alpha value is -1.57. The summed E-state index contributed by atoms with van der Waals surface area (Å²) in [5.41, 5.74) is 5.36. The molecule has 5 nitrogen and oxygen atoms in total. The molecular formula is C19H21Br2ClN4O. The second-order valence-electron chi connectivity index (χ2n) is 5.65. The zero-order chi connectivity index (χ0) is 19.8. The van der Waals surface area contributed by atoms with Gasteiger partial charge in [-0.25, -0.2) is 5.43 Å². The van der Waals surface area contributed by atoms with Gasteiger partial charge in [0.2, 0.25) is 0 Å². The zero-order valence-corrected chi connectivity index (χ0v) is 19.0. The minimum absolute atomic E-state index is 0.0804. The van der Waals surface area contributed by atoms with E-state index in [1.54, 1.807) is 18.3 Å². The summed E-state index contributed by atoms with van der Waals surface area (Å²) in [6, 6.07) is 11.6. The first-order valence-corrected chi connectivity index (χ1v) is 10.5. The molecule has 0 aliphatic carbocycles. The van der Waals surface area contributed by atoms with Gasteiger partial charge in [-0.15, -0.1) is 0 Å². The van der Waals surface area contributed by atoms with Crippen molar-refractivity contribution in [3.8, 4) is 0 Å². The second kappa shape index (κ2) is 10.7. The Kier molecular flexibility index (Phi) is 8.60. The van der Waals surface area contributed by atoms with Crippen LogP contribution in [-0.4, -0.2) is 31.8 Å². The fraction of sp³-hybridized carbons (Fsp3) is 0.263. The first-order chi connectivity index (χ1) is 12.9. The fourth-order valence-corrected chi connectivity index (χ4v) is 4.41. The normalized spacial score (nSPS) is 10.9. The lowest BCUT2D eigenvalue weighted by Gasteiger charge is -2.20. The van der Waals surface area contributed by atoms with E-state index in [4.69, 9.17) is 11.6 Å². The van der Waals surface area contributed by atoms with Crippen LogP contribution in [-0.2, 0) is 4.79 Å². The molecule has 2 aromatic rings. The number of anilines is 2. The van der Waals surface area contributed by atoms with Crippen LogP contribution in [0.2, 0.25) is 5.02 Å². The predicted molar refractivity (Wildman–Crippen MR) is 121 cm³/mol. The Labute approximate surface area is 181 Å². The fourth-order valence-electron chi connectivity index (χ4n) is 2.46. The number of rotatable bonds is 8. The number of carbonyl (C=O) groups excluding carboxylic acids is 1. The van der Waals surface area contributed by atoms with Crippen molar-refractivity contribution < 1.29 is 4.79 Å². The third-order valence-electron chi connectivity index (χ3n) is 3.86. The SMILES string of the molecule is CCN(CC)c1ccc(/C=N\NC(=O)CNc2c(Br)cc(Cl)cc2Br)cc1. The molecule has 0 unspecified atom stereocenters. The van der Waals surface area contributed by atoms with E-state index in [1.165, 1.54) is 5.69 Å². The van der Waals surface area contributed by atoms with Gasteiger partial charge in [0, 0.05) is 32.7 Å². The number of amides is 1. The Morgan fingerprint density at radius 3 is 2.30 bits per heavy atom. The van der Waals surface area contributed by atoms with Crippen LogP contribution < -0.4 is 15.6 Å². The number of halogens is 3. The maximum absolute atomic E-state index is 12.0. The molecule has 0 radical (unpaired) electrons. The Bertz CT molecular complexity index is 785. The number of hydrogen-bond acceptors (Lipinski definition) is 4. The smallest absolute Gasteiger partial charge is 0.259 e. The van der Waals surface area contributed by atoms with E-state index in [0.717, 1.165) is 33.3 Å². The molecule has 8 heteroatoms. The van der Waals surface area contributed by atoms with E-state index < -0.39 is 0 Å². The number of hydrazone groups is 1. The molecule has 0 bridgehead atoms. The van der Waals surface area contributed by atoms with Crippen LogP contribution in [0.15, 0.2) is 50.4 Å². The topological polar surface area (TPSA) is 56.7 Å². The molecule has 1 amide bonds. The van der Waals surface area contributed by atoms with Crippen LogP contribution in [0.3, 0.4) is 0 Å². The Morgan fingerprint density at radius 2 is 1.74 bits per heavy atom. The van der Waals surface area contributed by atoms with Crippen molar-refractivity contribution in [2.75, 3.05) is 29.9 Å². The molecule has 0 aliphatic rings. The van der Waals surface area contributed by atoms with Crippen LogP contribution >= 0.6 is 43.5 Å². The van der Waals surface area contributed by atoms with Gasteiger partial charge in [0.15, 0.2) is 0 Å². The summed E-state index contributed by atoms with van der Waals surface area (Å²) in [6.45, 7) is 6.27. The lowest BCUT2D eigenvalue weighted by atomic mass is 10.2. The molecule has 0 aromatic heterocycles. The average molecular weight is 517 g/mol. The van der Waals surface area contributed by atoms with Crippen molar-refractivity contribution in [1.82, 2.24) is 5.43 Å². The average Bonchev–Trinajstić information content (AvgIpc) is 2.63. The highest BCUT2D eigenvalue weighted by molar-refractivity contribution is 9.11. The first kappa shape index (κ1) is 21.7. The van der Waals surface area contributed by atoms with Crippen molar-refractivity contribution in [1.29, 1.82) is 0 Å². The summed E-state index contributed by atoms with van der Waals surface area (Å²) >= 11 is 12.8. The summed E-state index contributed by atoms with van der Waals surface area (Å²) in [5.74, 6) is -0.250. The van der Waals surface area contributed by atoms with Crippen molar-refractivity contribution in [2.45, 2.75) is 13.8 Å². The molecular weight excluding hydrogens is 495 g/mol. The third-order valence-corrected chi connectivity index (χ3v) is 5.33. The predicted octanol–water partition coefficient (Wildman–Crippen LogP) is 5.27. The van der Waals surface area contributed by atoms with Gasteiger partial charge in [0.05, 0.1) is 18.4 Å². The summed E-state index contributed by atoms with van der Waals surface area (Å²) in [7, 11) is 0. The van der Waals surface area contributed by atoms with Gasteiger partial charge >= 0.3 is 0 Å². The molecule has 0 heterocycles. The van der Waals surface area contributed by atoms with Gasteiger partial charge in [-0.1, -0.05) is 23.7 Å².